The van der Waals surface area contributed by atoms with Crippen molar-refractivity contribution in [2.75, 3.05) is 0 Å². The summed E-state index contributed by atoms with van der Waals surface area (Å²) in [5.74, 6) is 0. The Morgan fingerprint density at radius 1 is 1.25 bits per heavy atom. The van der Waals surface area contributed by atoms with Gasteiger partial charge < -0.3 is 0 Å². The summed E-state index contributed by atoms with van der Waals surface area (Å²) in [5, 5.41) is 4.08. The maximum absolute atomic E-state index is 13.0. The average molecular weight is 360 g/mol. The van der Waals surface area contributed by atoms with Crippen molar-refractivity contribution in [1.29, 1.82) is 0 Å². The van der Waals surface area contributed by atoms with Gasteiger partial charge in [-0.25, -0.2) is 9.97 Å². The molecule has 1 aliphatic rings. The van der Waals surface area contributed by atoms with Gasteiger partial charge in [-0.15, -0.1) is 22.7 Å². The van der Waals surface area contributed by atoms with Crippen LogP contribution in [0.1, 0.15) is 53.7 Å². The third kappa shape index (κ3) is 2.93. The van der Waals surface area contributed by atoms with Gasteiger partial charge in [0.1, 0.15) is 4.83 Å². The van der Waals surface area contributed by atoms with E-state index in [1.54, 1.807) is 33.6 Å². The van der Waals surface area contributed by atoms with Crippen LogP contribution in [0.15, 0.2) is 16.5 Å². The molecule has 0 saturated heterocycles. The second-order valence-corrected chi connectivity index (χ2v) is 8.43. The van der Waals surface area contributed by atoms with Crippen molar-refractivity contribution in [2.45, 2.75) is 58.4 Å². The van der Waals surface area contributed by atoms with Crippen LogP contribution in [-0.4, -0.2) is 14.5 Å². The van der Waals surface area contributed by atoms with Crippen molar-refractivity contribution in [1.82, 2.24) is 14.5 Å². The second kappa shape index (κ2) is 6.76. The Balaban J connectivity index is 1.72. The minimum Gasteiger partial charge on any atom is -0.293 e. The maximum atomic E-state index is 13.0. The fraction of sp³-hybridized carbons (Fsp3) is 0.500. The molecule has 4 nitrogen and oxygen atoms in total. The molecule has 0 aromatic carbocycles. The third-order valence-corrected chi connectivity index (χ3v) is 6.74. The van der Waals surface area contributed by atoms with Gasteiger partial charge in [-0.2, -0.15) is 0 Å². The Labute approximate surface area is 149 Å². The molecule has 0 radical (unpaired) electrons. The van der Waals surface area contributed by atoms with E-state index in [2.05, 4.69) is 22.3 Å². The highest BCUT2D eigenvalue weighted by atomic mass is 32.1. The Morgan fingerprint density at radius 3 is 3.00 bits per heavy atom. The Bertz CT molecular complexity index is 922. The fourth-order valence-corrected chi connectivity index (χ4v) is 5.51. The maximum Gasteiger partial charge on any atom is 0.262 e. The van der Waals surface area contributed by atoms with Crippen LogP contribution in [0.3, 0.4) is 0 Å². The SMILES string of the molecule is CCCc1nc(Cn2cnc3sc4c(c3c2=O)CCCCC4)cs1. The summed E-state index contributed by atoms with van der Waals surface area (Å²) in [6.45, 7) is 2.68. The molecule has 0 amide bonds. The fourth-order valence-electron chi connectivity index (χ4n) is 3.40. The van der Waals surface area contributed by atoms with Gasteiger partial charge in [0.15, 0.2) is 0 Å². The molecule has 6 heteroatoms. The molecule has 0 atom stereocenters. The van der Waals surface area contributed by atoms with Gasteiger partial charge >= 0.3 is 0 Å². The Morgan fingerprint density at radius 2 is 2.12 bits per heavy atom. The lowest BCUT2D eigenvalue weighted by Gasteiger charge is -2.04. The number of hydrogen-bond acceptors (Lipinski definition) is 5. The molecule has 0 spiro atoms. The van der Waals surface area contributed by atoms with E-state index in [9.17, 15) is 4.79 Å². The predicted molar refractivity (Wildman–Crippen MR) is 100 cm³/mol. The Kier molecular flexibility index (Phi) is 4.50. The van der Waals surface area contributed by atoms with Crippen LogP contribution in [-0.2, 0) is 25.8 Å². The van der Waals surface area contributed by atoms with Gasteiger partial charge in [0.05, 0.1) is 29.0 Å². The zero-order valence-corrected chi connectivity index (χ0v) is 15.5. The minimum absolute atomic E-state index is 0.101. The summed E-state index contributed by atoms with van der Waals surface area (Å²) in [6, 6.07) is 0. The molecular formula is C18H21N3OS2. The van der Waals surface area contributed by atoms with E-state index in [0.717, 1.165) is 46.6 Å². The van der Waals surface area contributed by atoms with Crippen LogP contribution in [0, 0.1) is 0 Å². The molecule has 126 valence electrons. The normalized spacial score (nSPS) is 14.7. The van der Waals surface area contributed by atoms with Crippen LogP contribution in [0.4, 0.5) is 0 Å². The van der Waals surface area contributed by atoms with E-state index in [0.29, 0.717) is 6.54 Å². The molecule has 3 aromatic heterocycles. The first kappa shape index (κ1) is 16.0. The van der Waals surface area contributed by atoms with E-state index in [1.807, 2.05) is 0 Å². The zero-order valence-electron chi connectivity index (χ0n) is 13.9. The molecule has 3 heterocycles. The summed E-state index contributed by atoms with van der Waals surface area (Å²) < 4.78 is 1.73. The molecular weight excluding hydrogens is 338 g/mol. The first-order chi connectivity index (χ1) is 11.8. The second-order valence-electron chi connectivity index (χ2n) is 6.40. The number of fused-ring (bicyclic) bond motifs is 3. The lowest BCUT2D eigenvalue weighted by molar-refractivity contribution is 0.711. The lowest BCUT2D eigenvalue weighted by atomic mass is 10.1. The van der Waals surface area contributed by atoms with E-state index in [1.165, 1.54) is 29.7 Å². The van der Waals surface area contributed by atoms with E-state index >= 15 is 0 Å². The first-order valence-electron chi connectivity index (χ1n) is 8.69. The summed E-state index contributed by atoms with van der Waals surface area (Å²) in [7, 11) is 0. The van der Waals surface area contributed by atoms with Gasteiger partial charge in [-0.1, -0.05) is 13.3 Å². The number of rotatable bonds is 4. The quantitative estimate of drug-likeness (QED) is 0.657. The molecule has 3 aromatic rings. The summed E-state index contributed by atoms with van der Waals surface area (Å²) >= 11 is 3.40. The predicted octanol–water partition coefficient (Wildman–Crippen LogP) is 4.18. The van der Waals surface area contributed by atoms with Crippen molar-refractivity contribution in [3.63, 3.8) is 0 Å². The van der Waals surface area contributed by atoms with E-state index in [-0.39, 0.29) is 5.56 Å². The highest BCUT2D eigenvalue weighted by molar-refractivity contribution is 7.18. The van der Waals surface area contributed by atoms with Crippen LogP contribution < -0.4 is 5.56 Å². The highest BCUT2D eigenvalue weighted by Gasteiger charge is 2.19. The molecule has 0 aliphatic heterocycles. The van der Waals surface area contributed by atoms with Gasteiger partial charge in [0.2, 0.25) is 0 Å². The third-order valence-electron chi connectivity index (χ3n) is 4.59. The van der Waals surface area contributed by atoms with Gasteiger partial charge in [-0.05, 0) is 44.1 Å². The molecule has 0 bridgehead atoms. The monoisotopic (exact) mass is 359 g/mol. The van der Waals surface area contributed by atoms with Crippen molar-refractivity contribution >= 4 is 32.9 Å². The molecule has 0 unspecified atom stereocenters. The summed E-state index contributed by atoms with van der Waals surface area (Å²) in [5.41, 5.74) is 2.33. The molecule has 0 N–H and O–H groups in total. The van der Waals surface area contributed by atoms with Crippen LogP contribution in [0.5, 0.6) is 0 Å². The average Bonchev–Trinajstić information content (AvgIpc) is 3.08. The van der Waals surface area contributed by atoms with E-state index in [4.69, 9.17) is 0 Å². The number of aryl methyl sites for hydroxylation is 3. The highest BCUT2D eigenvalue weighted by Crippen LogP contribution is 2.32. The van der Waals surface area contributed by atoms with Gasteiger partial charge in [0, 0.05) is 10.3 Å². The molecule has 4 rings (SSSR count). The first-order valence-corrected chi connectivity index (χ1v) is 10.4. The van der Waals surface area contributed by atoms with Crippen molar-refractivity contribution in [2.24, 2.45) is 0 Å². The van der Waals surface area contributed by atoms with Crippen LogP contribution >= 0.6 is 22.7 Å². The van der Waals surface area contributed by atoms with Crippen molar-refractivity contribution in [3.05, 3.63) is 43.2 Å². The summed E-state index contributed by atoms with van der Waals surface area (Å²) in [6.07, 6.45) is 9.59. The van der Waals surface area contributed by atoms with Crippen molar-refractivity contribution < 1.29 is 0 Å². The number of thiazole rings is 1. The number of nitrogens with zero attached hydrogens (tertiary/aromatic N) is 3. The molecule has 1 aliphatic carbocycles. The number of aromatic nitrogens is 3. The molecule has 24 heavy (non-hydrogen) atoms. The minimum atomic E-state index is 0.101. The van der Waals surface area contributed by atoms with Gasteiger partial charge in [-0.3, -0.25) is 9.36 Å². The number of thiophene rings is 1. The largest absolute Gasteiger partial charge is 0.293 e. The van der Waals surface area contributed by atoms with Gasteiger partial charge in [0.25, 0.3) is 5.56 Å². The smallest absolute Gasteiger partial charge is 0.262 e. The van der Waals surface area contributed by atoms with Crippen LogP contribution in [0.2, 0.25) is 0 Å². The molecule has 0 fully saturated rings. The van der Waals surface area contributed by atoms with Crippen molar-refractivity contribution in [3.8, 4) is 0 Å². The molecule has 0 saturated carbocycles. The summed E-state index contributed by atoms with van der Waals surface area (Å²) in [4.78, 5) is 24.5. The zero-order chi connectivity index (χ0) is 16.5. The van der Waals surface area contributed by atoms with Crippen LogP contribution in [0.25, 0.3) is 10.2 Å². The lowest BCUT2D eigenvalue weighted by Crippen LogP contribution is -2.21. The standard InChI is InChI=1S/C18H21N3OS2/c1-2-6-15-20-12(10-23-15)9-21-11-19-17-16(18(21)22)13-7-4-3-5-8-14(13)24-17/h10-11H,2-9H2,1H3. The topological polar surface area (TPSA) is 47.8 Å². The number of hydrogen-bond donors (Lipinski definition) is 0. The van der Waals surface area contributed by atoms with E-state index < -0.39 is 0 Å². The Hall–Kier alpha value is -1.53.